The normalized spacial score (nSPS) is 15.6. The zero-order valence-corrected chi connectivity index (χ0v) is 15.5. The van der Waals surface area contributed by atoms with Crippen LogP contribution < -0.4 is 20.3 Å². The van der Waals surface area contributed by atoms with Crippen molar-refractivity contribution in [1.29, 1.82) is 0 Å². The van der Waals surface area contributed by atoms with Crippen LogP contribution in [0, 0.1) is 0 Å². The third-order valence-corrected chi connectivity index (χ3v) is 4.66. The molecule has 2 N–H and O–H groups in total. The number of fused-ring (bicyclic) bond motifs is 1. The Kier molecular flexibility index (Phi) is 5.71. The summed E-state index contributed by atoms with van der Waals surface area (Å²) in [5, 5.41) is 7.00. The number of hydrogen-bond acceptors (Lipinski definition) is 4. The second-order valence-corrected chi connectivity index (χ2v) is 6.61. The van der Waals surface area contributed by atoms with Crippen LogP contribution in [0.4, 0.5) is 11.4 Å². The van der Waals surface area contributed by atoms with E-state index >= 15 is 0 Å². The summed E-state index contributed by atoms with van der Waals surface area (Å²) in [6, 6.07) is 12.9. The fourth-order valence-corrected chi connectivity index (χ4v) is 3.39. The average molecular weight is 356 g/mol. The lowest BCUT2D eigenvalue weighted by Gasteiger charge is -2.25. The average Bonchev–Trinajstić information content (AvgIpc) is 2.95. The van der Waals surface area contributed by atoms with Gasteiger partial charge >= 0.3 is 0 Å². The van der Waals surface area contributed by atoms with Crippen LogP contribution in [0.2, 0.25) is 0 Å². The van der Waals surface area contributed by atoms with Crippen molar-refractivity contribution < 1.29 is 4.74 Å². The van der Waals surface area contributed by atoms with Gasteiger partial charge in [0.25, 0.3) is 0 Å². The lowest BCUT2D eigenvalue weighted by Crippen LogP contribution is -2.34. The first-order chi connectivity index (χ1) is 12.2. The van der Waals surface area contributed by atoms with E-state index in [2.05, 4.69) is 51.7 Å². The summed E-state index contributed by atoms with van der Waals surface area (Å²) in [5.41, 5.74) is 3.67. The van der Waals surface area contributed by atoms with Gasteiger partial charge in [-0.3, -0.25) is 0 Å². The molecule has 0 radical (unpaired) electrons. The molecular formula is C19H24N4OS. The molecule has 1 aliphatic rings. The minimum Gasteiger partial charge on any atom is -0.481 e. The molecule has 1 aromatic heterocycles. The second kappa shape index (κ2) is 8.16. The fourth-order valence-electron chi connectivity index (χ4n) is 3.17. The number of ether oxygens (including phenoxy) is 1. The van der Waals surface area contributed by atoms with E-state index in [4.69, 9.17) is 17.0 Å². The fraction of sp³-hybridized carbons (Fsp3) is 0.368. The molecule has 0 amide bonds. The van der Waals surface area contributed by atoms with Crippen LogP contribution >= 0.6 is 12.2 Å². The lowest BCUT2D eigenvalue weighted by molar-refractivity contribution is 0.398. The quantitative estimate of drug-likeness (QED) is 0.612. The molecule has 132 valence electrons. The topological polar surface area (TPSA) is 49.4 Å². The van der Waals surface area contributed by atoms with E-state index in [9.17, 15) is 0 Å². The largest absolute Gasteiger partial charge is 0.481 e. The number of methoxy groups -OCH3 is 1. The van der Waals surface area contributed by atoms with Crippen LogP contribution in [0.25, 0.3) is 0 Å². The Bertz CT molecular complexity index is 720. The number of anilines is 2. The zero-order chi connectivity index (χ0) is 17.6. The van der Waals surface area contributed by atoms with E-state index in [-0.39, 0.29) is 0 Å². The Hall–Kier alpha value is -2.34. The van der Waals surface area contributed by atoms with Crippen LogP contribution in [0.3, 0.4) is 0 Å². The monoisotopic (exact) mass is 356 g/mol. The first-order valence-corrected chi connectivity index (χ1v) is 8.97. The molecule has 0 spiro atoms. The molecule has 2 heterocycles. The first kappa shape index (κ1) is 17.5. The van der Waals surface area contributed by atoms with Crippen LogP contribution in [0.5, 0.6) is 5.88 Å². The molecule has 1 aromatic carbocycles. The van der Waals surface area contributed by atoms with Gasteiger partial charge in [0, 0.05) is 30.9 Å². The third-order valence-electron chi connectivity index (χ3n) is 4.41. The van der Waals surface area contributed by atoms with Crippen molar-refractivity contribution in [3.8, 4) is 5.88 Å². The van der Waals surface area contributed by atoms with Gasteiger partial charge in [0.2, 0.25) is 5.88 Å². The van der Waals surface area contributed by atoms with Crippen molar-refractivity contribution in [2.75, 3.05) is 30.4 Å². The number of para-hydroxylation sites is 1. The van der Waals surface area contributed by atoms with Gasteiger partial charge in [-0.25, -0.2) is 4.98 Å². The summed E-state index contributed by atoms with van der Waals surface area (Å²) in [6.07, 6.45) is 3.87. The molecule has 2 aromatic rings. The number of hydrogen-bond donors (Lipinski definition) is 2. The zero-order valence-electron chi connectivity index (χ0n) is 14.7. The number of rotatable bonds is 6. The number of benzene rings is 1. The molecule has 6 heteroatoms. The summed E-state index contributed by atoms with van der Waals surface area (Å²) in [7, 11) is 1.60. The van der Waals surface area contributed by atoms with Crippen molar-refractivity contribution in [1.82, 2.24) is 10.3 Å². The maximum absolute atomic E-state index is 5.34. The summed E-state index contributed by atoms with van der Waals surface area (Å²) in [6.45, 7) is 4.15. The predicted octanol–water partition coefficient (Wildman–Crippen LogP) is 3.22. The van der Waals surface area contributed by atoms with Crippen molar-refractivity contribution in [3.63, 3.8) is 0 Å². The van der Waals surface area contributed by atoms with E-state index in [0.29, 0.717) is 17.0 Å². The molecule has 3 rings (SSSR count). The molecule has 0 fully saturated rings. The van der Waals surface area contributed by atoms with E-state index in [1.54, 1.807) is 19.4 Å². The summed E-state index contributed by atoms with van der Waals surface area (Å²) >= 11 is 5.34. The number of thiocarbonyl (C=S) groups is 1. The SMILES string of the molecule is COc1ccc(NC(=S)NCCCN2c3ccccc3CC2C)cn1. The molecule has 25 heavy (non-hydrogen) atoms. The molecule has 1 atom stereocenters. The van der Waals surface area contributed by atoms with E-state index in [0.717, 1.165) is 31.6 Å². The Morgan fingerprint density at radius 2 is 2.16 bits per heavy atom. The minimum absolute atomic E-state index is 0.563. The molecule has 5 nitrogen and oxygen atoms in total. The van der Waals surface area contributed by atoms with Gasteiger partial charge in [0.1, 0.15) is 0 Å². The number of pyridine rings is 1. The summed E-state index contributed by atoms with van der Waals surface area (Å²) in [5.74, 6) is 0.587. The standard InChI is InChI=1S/C19H24N4OS/c1-14-12-15-6-3-4-7-17(15)23(14)11-5-10-20-19(25)22-16-8-9-18(24-2)21-13-16/h3-4,6-9,13-14H,5,10-12H2,1-2H3,(H2,20,22,25). The van der Waals surface area contributed by atoms with Crippen LogP contribution in [-0.2, 0) is 6.42 Å². The molecule has 0 saturated heterocycles. The van der Waals surface area contributed by atoms with Crippen LogP contribution in [0.15, 0.2) is 42.6 Å². The van der Waals surface area contributed by atoms with E-state index in [1.165, 1.54) is 11.3 Å². The number of nitrogens with one attached hydrogen (secondary N) is 2. The number of aromatic nitrogens is 1. The molecular weight excluding hydrogens is 332 g/mol. The smallest absolute Gasteiger partial charge is 0.213 e. The van der Waals surface area contributed by atoms with Crippen molar-refractivity contribution in [3.05, 3.63) is 48.2 Å². The Labute approximate surface area is 154 Å². The highest BCUT2D eigenvalue weighted by Crippen LogP contribution is 2.31. The van der Waals surface area contributed by atoms with Crippen molar-refractivity contribution in [2.45, 2.75) is 25.8 Å². The van der Waals surface area contributed by atoms with Gasteiger partial charge in [-0.2, -0.15) is 0 Å². The van der Waals surface area contributed by atoms with E-state index < -0.39 is 0 Å². The summed E-state index contributed by atoms with van der Waals surface area (Å²) < 4.78 is 5.04. The highest BCUT2D eigenvalue weighted by Gasteiger charge is 2.24. The summed E-state index contributed by atoms with van der Waals surface area (Å²) in [4.78, 5) is 6.64. The molecule has 0 bridgehead atoms. The van der Waals surface area contributed by atoms with Gasteiger partial charge in [0.15, 0.2) is 5.11 Å². The van der Waals surface area contributed by atoms with Gasteiger partial charge in [0.05, 0.1) is 19.0 Å². The minimum atomic E-state index is 0.563. The third kappa shape index (κ3) is 4.39. The van der Waals surface area contributed by atoms with Gasteiger partial charge in [-0.05, 0) is 49.7 Å². The molecule has 1 aliphatic heterocycles. The van der Waals surface area contributed by atoms with E-state index in [1.807, 2.05) is 6.07 Å². The van der Waals surface area contributed by atoms with Gasteiger partial charge in [-0.1, -0.05) is 18.2 Å². The number of nitrogens with zero attached hydrogens (tertiary/aromatic N) is 2. The van der Waals surface area contributed by atoms with Crippen molar-refractivity contribution in [2.24, 2.45) is 0 Å². The molecule has 1 unspecified atom stereocenters. The van der Waals surface area contributed by atoms with Gasteiger partial charge in [-0.15, -0.1) is 0 Å². The maximum atomic E-state index is 5.34. The first-order valence-electron chi connectivity index (χ1n) is 8.57. The second-order valence-electron chi connectivity index (χ2n) is 6.20. The predicted molar refractivity (Wildman–Crippen MR) is 107 cm³/mol. The highest BCUT2D eigenvalue weighted by atomic mass is 32.1. The lowest BCUT2D eigenvalue weighted by atomic mass is 10.1. The Balaban J connectivity index is 1.41. The van der Waals surface area contributed by atoms with Crippen molar-refractivity contribution >= 4 is 28.7 Å². The maximum Gasteiger partial charge on any atom is 0.213 e. The van der Waals surface area contributed by atoms with Crippen LogP contribution in [-0.4, -0.2) is 36.3 Å². The Morgan fingerprint density at radius 3 is 2.92 bits per heavy atom. The van der Waals surface area contributed by atoms with Gasteiger partial charge < -0.3 is 20.3 Å². The molecule has 0 aliphatic carbocycles. The highest BCUT2D eigenvalue weighted by molar-refractivity contribution is 7.80. The molecule has 0 saturated carbocycles. The Morgan fingerprint density at radius 1 is 1.32 bits per heavy atom. The van der Waals surface area contributed by atoms with Crippen LogP contribution in [0.1, 0.15) is 18.9 Å².